The zero-order valence-electron chi connectivity index (χ0n) is 17.3. The van der Waals surface area contributed by atoms with Gasteiger partial charge in [-0.2, -0.15) is 9.97 Å². The lowest BCUT2D eigenvalue weighted by molar-refractivity contribution is 0.621. The molecule has 7 nitrogen and oxygen atoms in total. The van der Waals surface area contributed by atoms with Gasteiger partial charge in [0.2, 0.25) is 5.95 Å². The fourth-order valence-electron chi connectivity index (χ4n) is 3.12. The summed E-state index contributed by atoms with van der Waals surface area (Å²) in [5.41, 5.74) is 1.94. The molecule has 0 aliphatic heterocycles. The molecular weight excluding hydrogens is 429 g/mol. The Balaban J connectivity index is 1.38. The van der Waals surface area contributed by atoms with Crippen molar-refractivity contribution >= 4 is 23.4 Å². The number of hydrogen-bond acceptors (Lipinski definition) is 6. The molecule has 0 saturated heterocycles. The number of nitrogens with one attached hydrogen (secondary N) is 3. The van der Waals surface area contributed by atoms with E-state index >= 15 is 0 Å². The van der Waals surface area contributed by atoms with Gasteiger partial charge in [0.05, 0.1) is 0 Å². The van der Waals surface area contributed by atoms with Gasteiger partial charge in [-0.25, -0.2) is 9.37 Å². The molecule has 0 aliphatic carbocycles. The quantitative estimate of drug-likeness (QED) is 0.312. The molecule has 0 saturated carbocycles. The van der Waals surface area contributed by atoms with Crippen molar-refractivity contribution in [3.63, 3.8) is 0 Å². The summed E-state index contributed by atoms with van der Waals surface area (Å²) in [5, 5.41) is 10.5. The lowest BCUT2D eigenvalue weighted by Crippen LogP contribution is -2.22. The Hall–Kier alpha value is -3.49. The van der Waals surface area contributed by atoms with Crippen LogP contribution in [0.2, 0.25) is 5.02 Å². The Kier molecular flexibility index (Phi) is 7.27. The second-order valence-corrected chi connectivity index (χ2v) is 7.56. The van der Waals surface area contributed by atoms with Gasteiger partial charge in [0.25, 0.3) is 0 Å². The lowest BCUT2D eigenvalue weighted by Gasteiger charge is -2.12. The van der Waals surface area contributed by atoms with E-state index in [2.05, 4.69) is 30.9 Å². The highest BCUT2D eigenvalue weighted by molar-refractivity contribution is 6.30. The maximum atomic E-state index is 13.3. The first-order chi connectivity index (χ1) is 15.7. The van der Waals surface area contributed by atoms with Gasteiger partial charge in [0.1, 0.15) is 23.8 Å². The van der Waals surface area contributed by atoms with Gasteiger partial charge in [-0.1, -0.05) is 35.9 Å². The van der Waals surface area contributed by atoms with Gasteiger partial charge in [-0.3, -0.25) is 4.57 Å². The Morgan fingerprint density at radius 1 is 0.906 bits per heavy atom. The van der Waals surface area contributed by atoms with Crippen LogP contribution in [-0.4, -0.2) is 32.6 Å². The number of anilines is 2. The Labute approximate surface area is 190 Å². The number of aromatic nitrogens is 4. The van der Waals surface area contributed by atoms with Crippen LogP contribution < -0.4 is 16.0 Å². The number of rotatable bonds is 10. The van der Waals surface area contributed by atoms with E-state index in [1.807, 2.05) is 47.2 Å². The van der Waals surface area contributed by atoms with Gasteiger partial charge in [0.15, 0.2) is 0 Å². The van der Waals surface area contributed by atoms with Crippen LogP contribution in [0.1, 0.15) is 11.1 Å². The van der Waals surface area contributed by atoms with Crippen LogP contribution in [0.15, 0.2) is 73.3 Å². The van der Waals surface area contributed by atoms with E-state index in [0.29, 0.717) is 48.8 Å². The van der Waals surface area contributed by atoms with Crippen molar-refractivity contribution in [2.45, 2.75) is 13.1 Å². The molecule has 0 unspecified atom stereocenters. The summed E-state index contributed by atoms with van der Waals surface area (Å²) >= 11 is 6.07. The molecule has 0 amide bonds. The highest BCUT2D eigenvalue weighted by Gasteiger charge is 2.07. The summed E-state index contributed by atoms with van der Waals surface area (Å²) in [6.07, 6.45) is 5.21. The Morgan fingerprint density at radius 2 is 1.75 bits per heavy atom. The number of halogens is 2. The highest BCUT2D eigenvalue weighted by Crippen LogP contribution is 2.16. The predicted molar refractivity (Wildman–Crippen MR) is 125 cm³/mol. The molecule has 4 rings (SSSR count). The molecule has 2 aromatic heterocycles. The summed E-state index contributed by atoms with van der Waals surface area (Å²) in [5.74, 6) is 1.64. The van der Waals surface area contributed by atoms with Crippen molar-refractivity contribution in [2.24, 2.45) is 0 Å². The standard InChI is InChI=1S/C23H23ClFN7/c24-19-5-1-3-17(11-19)15-29-23-30-21(13-22(31-23)32-10-9-27-16-32)28-8-7-26-14-18-4-2-6-20(25)12-18/h1-6,9-13,16,26H,7-8,14-15H2,(H2,28,29,30,31). The fourth-order valence-corrected chi connectivity index (χ4v) is 3.33. The highest BCUT2D eigenvalue weighted by atomic mass is 35.5. The second-order valence-electron chi connectivity index (χ2n) is 7.12. The molecule has 0 atom stereocenters. The summed E-state index contributed by atoms with van der Waals surface area (Å²) < 4.78 is 15.1. The van der Waals surface area contributed by atoms with E-state index < -0.39 is 0 Å². The van der Waals surface area contributed by atoms with Gasteiger partial charge >= 0.3 is 0 Å². The SMILES string of the molecule is Fc1cccc(CNCCNc2cc(-n3ccnc3)nc(NCc3cccc(Cl)c3)n2)c1. The molecule has 0 aliphatic rings. The summed E-state index contributed by atoms with van der Waals surface area (Å²) in [7, 11) is 0. The molecule has 9 heteroatoms. The minimum atomic E-state index is -0.228. The third-order valence-corrected chi connectivity index (χ3v) is 4.88. The third kappa shape index (κ3) is 6.26. The summed E-state index contributed by atoms with van der Waals surface area (Å²) in [4.78, 5) is 13.2. The molecule has 2 heterocycles. The van der Waals surface area contributed by atoms with E-state index in [1.165, 1.54) is 12.1 Å². The molecule has 32 heavy (non-hydrogen) atoms. The average molecular weight is 452 g/mol. The van der Waals surface area contributed by atoms with Gasteiger partial charge in [-0.15, -0.1) is 0 Å². The molecular formula is C23H23ClFN7. The minimum Gasteiger partial charge on any atom is -0.369 e. The summed E-state index contributed by atoms with van der Waals surface area (Å²) in [6.45, 7) is 2.47. The smallest absolute Gasteiger partial charge is 0.226 e. The molecule has 0 spiro atoms. The molecule has 4 aromatic rings. The molecule has 3 N–H and O–H groups in total. The van der Waals surface area contributed by atoms with Crippen LogP contribution in [-0.2, 0) is 13.1 Å². The van der Waals surface area contributed by atoms with Crippen LogP contribution in [0.5, 0.6) is 0 Å². The van der Waals surface area contributed by atoms with Crippen molar-refractivity contribution in [2.75, 3.05) is 23.7 Å². The third-order valence-electron chi connectivity index (χ3n) is 4.65. The monoisotopic (exact) mass is 451 g/mol. The number of imidazole rings is 1. The Morgan fingerprint density at radius 3 is 2.53 bits per heavy atom. The van der Waals surface area contributed by atoms with Crippen LogP contribution in [0.4, 0.5) is 16.2 Å². The first kappa shape index (κ1) is 21.7. The maximum Gasteiger partial charge on any atom is 0.226 e. The first-order valence-corrected chi connectivity index (χ1v) is 10.6. The van der Waals surface area contributed by atoms with Crippen molar-refractivity contribution < 1.29 is 4.39 Å². The number of hydrogen-bond donors (Lipinski definition) is 3. The van der Waals surface area contributed by atoms with Crippen LogP contribution >= 0.6 is 11.6 Å². The van der Waals surface area contributed by atoms with Crippen LogP contribution in [0, 0.1) is 5.82 Å². The minimum absolute atomic E-state index is 0.228. The number of benzene rings is 2. The predicted octanol–water partition coefficient (Wildman–Crippen LogP) is 4.27. The van der Waals surface area contributed by atoms with E-state index in [0.717, 1.165) is 11.1 Å². The molecule has 0 bridgehead atoms. The lowest BCUT2D eigenvalue weighted by atomic mass is 10.2. The normalized spacial score (nSPS) is 10.8. The molecule has 164 valence electrons. The molecule has 2 aromatic carbocycles. The average Bonchev–Trinajstić information content (AvgIpc) is 3.33. The molecule has 0 radical (unpaired) electrons. The van der Waals surface area contributed by atoms with Crippen LogP contribution in [0.25, 0.3) is 5.82 Å². The second kappa shape index (κ2) is 10.7. The maximum absolute atomic E-state index is 13.3. The van der Waals surface area contributed by atoms with Crippen molar-refractivity contribution in [3.8, 4) is 5.82 Å². The Bertz CT molecular complexity index is 1150. The molecule has 0 fully saturated rings. The van der Waals surface area contributed by atoms with Gasteiger partial charge < -0.3 is 16.0 Å². The van der Waals surface area contributed by atoms with E-state index in [9.17, 15) is 4.39 Å². The van der Waals surface area contributed by atoms with Crippen LogP contribution in [0.3, 0.4) is 0 Å². The first-order valence-electron chi connectivity index (χ1n) is 10.2. The fraction of sp³-hybridized carbons (Fsp3) is 0.174. The van der Waals surface area contributed by atoms with Gasteiger partial charge in [-0.05, 0) is 35.4 Å². The van der Waals surface area contributed by atoms with Crippen molar-refractivity contribution in [1.82, 2.24) is 24.8 Å². The zero-order chi connectivity index (χ0) is 22.2. The zero-order valence-corrected chi connectivity index (χ0v) is 18.1. The summed E-state index contributed by atoms with van der Waals surface area (Å²) in [6, 6.07) is 16.1. The van der Waals surface area contributed by atoms with Crippen molar-refractivity contribution in [3.05, 3.63) is 95.3 Å². The largest absolute Gasteiger partial charge is 0.369 e. The topological polar surface area (TPSA) is 79.7 Å². The van der Waals surface area contributed by atoms with E-state index in [1.54, 1.807) is 18.6 Å². The van der Waals surface area contributed by atoms with E-state index in [4.69, 9.17) is 11.6 Å². The van der Waals surface area contributed by atoms with Crippen molar-refractivity contribution in [1.29, 1.82) is 0 Å². The van der Waals surface area contributed by atoms with E-state index in [-0.39, 0.29) is 5.82 Å². The number of nitrogens with zero attached hydrogens (tertiary/aromatic N) is 4. The van der Waals surface area contributed by atoms with Gasteiger partial charge in [0, 0.05) is 49.7 Å².